The lowest BCUT2D eigenvalue weighted by atomic mass is 9.83. The van der Waals surface area contributed by atoms with Gasteiger partial charge in [0.15, 0.2) is 11.6 Å². The van der Waals surface area contributed by atoms with Crippen LogP contribution in [0.2, 0.25) is 0 Å². The van der Waals surface area contributed by atoms with Crippen LogP contribution in [0.5, 0.6) is 23.0 Å². The highest BCUT2D eigenvalue weighted by Crippen LogP contribution is 2.28. The Bertz CT molecular complexity index is 2380. The monoisotopic (exact) mass is 849 g/mol. The maximum atomic E-state index is 13.6. The molecule has 4 N–H and O–H groups in total. The molecule has 2 atom stereocenters. The molecular formula is C44H33F6NO10. The maximum Gasteiger partial charge on any atom is 0.573 e. The number of rotatable bonds is 16. The van der Waals surface area contributed by atoms with Crippen LogP contribution in [0.3, 0.4) is 0 Å². The van der Waals surface area contributed by atoms with E-state index in [9.17, 15) is 55.7 Å². The number of carbonyl (C=O) groups excluding carboxylic acids is 4. The fourth-order valence-electron chi connectivity index (χ4n) is 5.48. The first-order chi connectivity index (χ1) is 28.7. The molecule has 0 spiro atoms. The number of ketones is 2. The second-order valence-electron chi connectivity index (χ2n) is 13.2. The zero-order chi connectivity index (χ0) is 44.4. The predicted octanol–water partition coefficient (Wildman–Crippen LogP) is 8.09. The fraction of sp³-hybridized carbons (Fsp3) is 0.136. The number of anilines is 1. The third kappa shape index (κ3) is 13.9. The summed E-state index contributed by atoms with van der Waals surface area (Å²) in [6.07, 6.45) is -7.93. The molecule has 0 bridgehead atoms. The summed E-state index contributed by atoms with van der Waals surface area (Å²) in [6, 6.07) is 25.9. The second-order valence-corrected chi connectivity index (χ2v) is 13.2. The molecule has 316 valence electrons. The van der Waals surface area contributed by atoms with Crippen LogP contribution in [0.15, 0.2) is 133 Å². The number of hydrogen-bond acceptors (Lipinski definition) is 11. The van der Waals surface area contributed by atoms with Crippen molar-refractivity contribution in [3.05, 3.63) is 161 Å². The minimum atomic E-state index is -4.89. The third-order valence-corrected chi connectivity index (χ3v) is 8.49. The molecule has 0 aliphatic heterocycles. The van der Waals surface area contributed by atoms with Gasteiger partial charge in [0.05, 0.1) is 11.1 Å². The van der Waals surface area contributed by atoms with Gasteiger partial charge in [-0.05, 0) is 114 Å². The van der Waals surface area contributed by atoms with E-state index in [2.05, 4.69) is 9.47 Å². The van der Waals surface area contributed by atoms with Gasteiger partial charge in [0.1, 0.15) is 34.7 Å². The number of nitrogens with two attached hydrogens (primary N) is 1. The summed E-state index contributed by atoms with van der Waals surface area (Å²) in [5.74, 6) is -4.46. The SMILES string of the molecule is Nc1ccc(CC(O)(CC(O)C(=O)/C=C/c2ccc(C(=O)Oc3ccc(OC(F)(F)F)cc3)cc2)C(=O)/C=C/c2ccc(C(=O)Oc3ccc(OC(F)(F)F)cc3)cc2)cc1. The van der Waals surface area contributed by atoms with Gasteiger partial charge in [-0.3, -0.25) is 9.59 Å². The number of aliphatic hydroxyl groups is 2. The highest BCUT2D eigenvalue weighted by atomic mass is 19.4. The number of benzene rings is 5. The molecule has 5 rings (SSSR count). The average molecular weight is 850 g/mol. The number of halogens is 6. The van der Waals surface area contributed by atoms with Gasteiger partial charge in [-0.25, -0.2) is 9.59 Å². The Morgan fingerprint density at radius 2 is 0.967 bits per heavy atom. The molecule has 17 heteroatoms. The molecule has 5 aromatic carbocycles. The van der Waals surface area contributed by atoms with Crippen molar-refractivity contribution in [2.45, 2.75) is 37.3 Å². The van der Waals surface area contributed by atoms with Gasteiger partial charge in [0, 0.05) is 18.5 Å². The van der Waals surface area contributed by atoms with Crippen molar-refractivity contribution in [2.24, 2.45) is 0 Å². The summed E-state index contributed by atoms with van der Waals surface area (Å²) in [4.78, 5) is 51.7. The summed E-state index contributed by atoms with van der Waals surface area (Å²) in [7, 11) is 0. The predicted molar refractivity (Wildman–Crippen MR) is 207 cm³/mol. The van der Waals surface area contributed by atoms with E-state index in [-0.39, 0.29) is 29.0 Å². The lowest BCUT2D eigenvalue weighted by Gasteiger charge is -2.27. The lowest BCUT2D eigenvalue weighted by molar-refractivity contribution is -0.275. The largest absolute Gasteiger partial charge is 0.573 e. The van der Waals surface area contributed by atoms with Gasteiger partial charge >= 0.3 is 24.7 Å². The lowest BCUT2D eigenvalue weighted by Crippen LogP contribution is -2.44. The van der Waals surface area contributed by atoms with Crippen molar-refractivity contribution in [2.75, 3.05) is 5.73 Å². The molecule has 0 heterocycles. The van der Waals surface area contributed by atoms with Gasteiger partial charge in [-0.2, -0.15) is 0 Å². The first kappa shape index (κ1) is 44.9. The number of hydrogen-bond donors (Lipinski definition) is 3. The Labute approximate surface area is 342 Å². The minimum absolute atomic E-state index is 0.0422. The number of esters is 2. The van der Waals surface area contributed by atoms with Crippen molar-refractivity contribution in [3.8, 4) is 23.0 Å². The summed E-state index contributed by atoms with van der Waals surface area (Å²) >= 11 is 0. The minimum Gasteiger partial charge on any atom is -0.423 e. The van der Waals surface area contributed by atoms with Gasteiger partial charge < -0.3 is 34.9 Å². The van der Waals surface area contributed by atoms with Crippen LogP contribution >= 0.6 is 0 Å². The van der Waals surface area contributed by atoms with Crippen molar-refractivity contribution in [1.29, 1.82) is 0 Å². The molecule has 61 heavy (non-hydrogen) atoms. The van der Waals surface area contributed by atoms with E-state index in [4.69, 9.17) is 15.2 Å². The first-order valence-electron chi connectivity index (χ1n) is 17.8. The number of alkyl halides is 6. The average Bonchev–Trinajstić information content (AvgIpc) is 3.20. The van der Waals surface area contributed by atoms with Crippen LogP contribution < -0.4 is 24.7 Å². The molecule has 0 fully saturated rings. The van der Waals surface area contributed by atoms with Gasteiger partial charge in [0.2, 0.25) is 0 Å². The maximum absolute atomic E-state index is 13.6. The topological polar surface area (TPSA) is 172 Å². The zero-order valence-corrected chi connectivity index (χ0v) is 31.4. The van der Waals surface area contributed by atoms with E-state index in [1.807, 2.05) is 0 Å². The number of ether oxygens (including phenoxy) is 4. The molecule has 0 saturated carbocycles. The van der Waals surface area contributed by atoms with E-state index in [1.54, 1.807) is 24.3 Å². The Balaban J connectivity index is 1.20. The summed E-state index contributed by atoms with van der Waals surface area (Å²) in [6.45, 7) is 0. The number of carbonyl (C=O) groups is 4. The highest BCUT2D eigenvalue weighted by molar-refractivity contribution is 6.02. The van der Waals surface area contributed by atoms with Gasteiger partial charge in [0.25, 0.3) is 0 Å². The van der Waals surface area contributed by atoms with E-state index in [0.29, 0.717) is 22.4 Å². The summed E-state index contributed by atoms with van der Waals surface area (Å²) in [5.41, 5.74) is 5.31. The van der Waals surface area contributed by atoms with Gasteiger partial charge in [-0.1, -0.05) is 48.6 Å². The van der Waals surface area contributed by atoms with E-state index in [1.165, 1.54) is 60.7 Å². The zero-order valence-electron chi connectivity index (χ0n) is 31.4. The molecule has 2 unspecified atom stereocenters. The van der Waals surface area contributed by atoms with E-state index < -0.39 is 65.9 Å². The third-order valence-electron chi connectivity index (χ3n) is 8.49. The molecule has 0 saturated heterocycles. The molecule has 0 amide bonds. The smallest absolute Gasteiger partial charge is 0.423 e. The Kier molecular flexibility index (Phi) is 14.1. The molecule has 0 aromatic heterocycles. The van der Waals surface area contributed by atoms with Crippen LogP contribution in [-0.2, 0) is 16.0 Å². The second kappa shape index (κ2) is 19.2. The fourth-order valence-corrected chi connectivity index (χ4v) is 5.48. The van der Waals surface area contributed by atoms with Crippen molar-refractivity contribution >= 4 is 41.3 Å². The molecule has 11 nitrogen and oxygen atoms in total. The van der Waals surface area contributed by atoms with E-state index in [0.717, 1.165) is 60.7 Å². The van der Waals surface area contributed by atoms with Crippen molar-refractivity contribution in [1.82, 2.24) is 0 Å². The van der Waals surface area contributed by atoms with Crippen LogP contribution in [0.25, 0.3) is 12.2 Å². The van der Waals surface area contributed by atoms with Gasteiger partial charge in [-0.15, -0.1) is 26.3 Å². The quantitative estimate of drug-likeness (QED) is 0.0288. The van der Waals surface area contributed by atoms with E-state index >= 15 is 0 Å². The van der Waals surface area contributed by atoms with Crippen molar-refractivity contribution in [3.63, 3.8) is 0 Å². The molecule has 0 aliphatic carbocycles. The molecule has 0 aliphatic rings. The molecule has 5 aromatic rings. The van der Waals surface area contributed by atoms with Crippen LogP contribution in [-0.4, -0.2) is 58.1 Å². The number of nitrogen functional groups attached to an aromatic ring is 1. The molecule has 0 radical (unpaired) electrons. The standard InChI is InChI=1S/C44H33F6NO10/c45-43(46,47)60-35-19-15-33(16-20-35)58-40(55)30-9-1-27(2-10-30)7-23-37(52)38(53)26-42(57,25-29-5-13-32(51)14-6-29)39(54)24-8-28-3-11-31(12-4-28)41(56)59-34-17-21-36(22-18-34)61-44(48,49)50/h1-24,38,53,57H,25-26,51H2/b23-7+,24-8+. The van der Waals surface area contributed by atoms with Crippen molar-refractivity contribution < 1.29 is 74.7 Å². The summed E-state index contributed by atoms with van der Waals surface area (Å²) in [5, 5.41) is 22.6. The van der Waals surface area contributed by atoms with Crippen LogP contribution in [0, 0.1) is 0 Å². The normalized spacial score (nSPS) is 13.3. The Morgan fingerprint density at radius 1 is 0.574 bits per heavy atom. The van der Waals surface area contributed by atoms with Crippen LogP contribution in [0.4, 0.5) is 32.0 Å². The Hall–Kier alpha value is -7.24. The highest BCUT2D eigenvalue weighted by Gasteiger charge is 2.38. The van der Waals surface area contributed by atoms with Crippen LogP contribution in [0.1, 0.15) is 43.8 Å². The first-order valence-corrected chi connectivity index (χ1v) is 17.8. The Morgan fingerprint density at radius 3 is 1.38 bits per heavy atom. The summed E-state index contributed by atoms with van der Waals surface area (Å²) < 4.78 is 92.3. The molecular weight excluding hydrogens is 816 g/mol. The number of aliphatic hydroxyl groups excluding tert-OH is 1.